The van der Waals surface area contributed by atoms with Crippen molar-refractivity contribution in [3.05, 3.63) is 32.8 Å². The lowest BCUT2D eigenvalue weighted by Crippen LogP contribution is -2.17. The van der Waals surface area contributed by atoms with Gasteiger partial charge in [0.05, 0.1) is 27.8 Å². The molecule has 20 heavy (non-hydrogen) atoms. The lowest BCUT2D eigenvalue weighted by Gasteiger charge is -2.15. The zero-order chi connectivity index (χ0) is 15.3. The van der Waals surface area contributed by atoms with Crippen molar-refractivity contribution in [2.45, 2.75) is 6.92 Å². The Labute approximate surface area is 120 Å². The van der Waals surface area contributed by atoms with Crippen LogP contribution >= 0.6 is 11.6 Å². The van der Waals surface area contributed by atoms with Crippen LogP contribution in [0.15, 0.2) is 12.1 Å². The van der Waals surface area contributed by atoms with Crippen LogP contribution in [-0.2, 0) is 4.74 Å². The number of benzene rings is 1. The molecule has 1 rings (SSSR count). The summed E-state index contributed by atoms with van der Waals surface area (Å²) in [6.45, 7) is 2.85. The molecule has 0 aromatic heterocycles. The molecular formula is C12H15ClN2O5. The van der Waals surface area contributed by atoms with Crippen molar-refractivity contribution in [3.8, 4) is 0 Å². The monoisotopic (exact) mass is 302 g/mol. The Morgan fingerprint density at radius 2 is 2.25 bits per heavy atom. The molecule has 0 bridgehead atoms. The molecule has 0 aliphatic heterocycles. The number of carboxylic acids is 1. The minimum absolute atomic E-state index is 0.00113. The third kappa shape index (κ3) is 4.07. The van der Waals surface area contributed by atoms with Gasteiger partial charge in [0.1, 0.15) is 0 Å². The molecule has 1 atom stereocenters. The highest BCUT2D eigenvalue weighted by atomic mass is 35.5. The standard InChI is InChI=1S/C12H15ClN2O5/c1-7(6-20-2)5-14-11-9(12(16)17)3-8(15(18)19)4-10(11)13/h3-4,7,14H,5-6H2,1-2H3,(H,16,17). The van der Waals surface area contributed by atoms with E-state index in [1.165, 1.54) is 0 Å². The van der Waals surface area contributed by atoms with E-state index < -0.39 is 10.9 Å². The number of carbonyl (C=O) groups is 1. The van der Waals surface area contributed by atoms with E-state index >= 15 is 0 Å². The molecule has 0 fully saturated rings. The number of methoxy groups -OCH3 is 1. The van der Waals surface area contributed by atoms with Crippen LogP contribution < -0.4 is 5.32 Å². The first-order chi connectivity index (χ1) is 9.36. The zero-order valence-corrected chi connectivity index (χ0v) is 11.8. The van der Waals surface area contributed by atoms with E-state index in [2.05, 4.69) is 5.32 Å². The molecule has 0 heterocycles. The maximum atomic E-state index is 11.2. The number of nitro groups is 1. The number of hydrogen-bond acceptors (Lipinski definition) is 5. The third-order valence-electron chi connectivity index (χ3n) is 2.59. The maximum Gasteiger partial charge on any atom is 0.338 e. The molecule has 0 amide bonds. The Balaban J connectivity index is 3.05. The first-order valence-electron chi connectivity index (χ1n) is 5.80. The third-order valence-corrected chi connectivity index (χ3v) is 2.89. The van der Waals surface area contributed by atoms with Gasteiger partial charge in [-0.05, 0) is 5.92 Å². The van der Waals surface area contributed by atoms with Crippen LogP contribution in [0.1, 0.15) is 17.3 Å². The molecule has 7 nitrogen and oxygen atoms in total. The Bertz CT molecular complexity index is 521. The van der Waals surface area contributed by atoms with Gasteiger partial charge in [0, 0.05) is 25.8 Å². The van der Waals surface area contributed by atoms with E-state index in [9.17, 15) is 14.9 Å². The number of carboxylic acid groups (broad SMARTS) is 1. The Kier molecular flexibility index (Phi) is 5.72. The number of hydrogen-bond donors (Lipinski definition) is 2. The van der Waals surface area contributed by atoms with Gasteiger partial charge >= 0.3 is 5.97 Å². The number of rotatable bonds is 7. The van der Waals surface area contributed by atoms with E-state index in [1.54, 1.807) is 7.11 Å². The van der Waals surface area contributed by atoms with Gasteiger partial charge in [0.25, 0.3) is 5.69 Å². The number of nitro benzene ring substituents is 1. The summed E-state index contributed by atoms with van der Waals surface area (Å²) in [6.07, 6.45) is 0. The molecule has 0 aliphatic rings. The van der Waals surface area contributed by atoms with Gasteiger partial charge in [0.15, 0.2) is 0 Å². The van der Waals surface area contributed by atoms with Gasteiger partial charge < -0.3 is 15.2 Å². The molecule has 0 saturated carbocycles. The van der Waals surface area contributed by atoms with E-state index in [0.29, 0.717) is 13.2 Å². The number of nitrogens with one attached hydrogen (secondary N) is 1. The summed E-state index contributed by atoms with van der Waals surface area (Å²) in [5.74, 6) is -1.15. The second-order valence-electron chi connectivity index (χ2n) is 4.35. The number of ether oxygens (including phenoxy) is 1. The van der Waals surface area contributed by atoms with Crippen molar-refractivity contribution in [2.24, 2.45) is 5.92 Å². The number of nitrogens with zero attached hydrogens (tertiary/aromatic N) is 1. The molecule has 1 unspecified atom stereocenters. The van der Waals surface area contributed by atoms with Crippen LogP contribution in [0, 0.1) is 16.0 Å². The van der Waals surface area contributed by atoms with Crippen molar-refractivity contribution in [1.82, 2.24) is 0 Å². The molecule has 8 heteroatoms. The quantitative estimate of drug-likeness (QED) is 0.593. The fourth-order valence-electron chi connectivity index (χ4n) is 1.67. The smallest absolute Gasteiger partial charge is 0.338 e. The number of aromatic carboxylic acids is 1. The van der Waals surface area contributed by atoms with Gasteiger partial charge in [-0.3, -0.25) is 10.1 Å². The van der Waals surface area contributed by atoms with E-state index in [-0.39, 0.29) is 27.9 Å². The lowest BCUT2D eigenvalue weighted by atomic mass is 10.1. The predicted molar refractivity (Wildman–Crippen MR) is 74.6 cm³/mol. The number of non-ortho nitro benzene ring substituents is 1. The highest BCUT2D eigenvalue weighted by Crippen LogP contribution is 2.31. The van der Waals surface area contributed by atoms with E-state index in [1.807, 2.05) is 6.92 Å². The molecular weight excluding hydrogens is 288 g/mol. The molecule has 0 radical (unpaired) electrons. The van der Waals surface area contributed by atoms with Crippen molar-refractivity contribution in [2.75, 3.05) is 25.6 Å². The summed E-state index contributed by atoms with van der Waals surface area (Å²) in [5.41, 5.74) is -0.413. The van der Waals surface area contributed by atoms with Crippen LogP contribution in [0.5, 0.6) is 0 Å². The molecule has 110 valence electrons. The minimum Gasteiger partial charge on any atom is -0.478 e. The van der Waals surface area contributed by atoms with Gasteiger partial charge in [-0.2, -0.15) is 0 Å². The fourth-order valence-corrected chi connectivity index (χ4v) is 1.95. The summed E-state index contributed by atoms with van der Waals surface area (Å²) in [5, 5.41) is 22.7. The summed E-state index contributed by atoms with van der Waals surface area (Å²) < 4.78 is 4.97. The topological polar surface area (TPSA) is 102 Å². The second kappa shape index (κ2) is 7.06. The first kappa shape index (κ1) is 16.2. The molecule has 0 spiro atoms. The predicted octanol–water partition coefficient (Wildman–Crippen LogP) is 2.64. The maximum absolute atomic E-state index is 11.2. The normalized spacial score (nSPS) is 11.9. The second-order valence-corrected chi connectivity index (χ2v) is 4.76. The van der Waals surface area contributed by atoms with Crippen molar-refractivity contribution >= 4 is 28.9 Å². The van der Waals surface area contributed by atoms with Crippen LogP contribution in [0.2, 0.25) is 5.02 Å². The molecule has 2 N–H and O–H groups in total. The van der Waals surface area contributed by atoms with Gasteiger partial charge in [-0.1, -0.05) is 18.5 Å². The van der Waals surface area contributed by atoms with Crippen LogP contribution in [-0.4, -0.2) is 36.3 Å². The number of halogens is 1. The average Bonchev–Trinajstić information content (AvgIpc) is 2.36. The minimum atomic E-state index is -1.28. The Morgan fingerprint density at radius 1 is 1.60 bits per heavy atom. The molecule has 1 aromatic rings. The van der Waals surface area contributed by atoms with Crippen LogP contribution in [0.25, 0.3) is 0 Å². The van der Waals surface area contributed by atoms with Gasteiger partial charge in [0.2, 0.25) is 0 Å². The summed E-state index contributed by atoms with van der Waals surface area (Å²) >= 11 is 5.92. The van der Waals surface area contributed by atoms with E-state index in [0.717, 1.165) is 12.1 Å². The summed E-state index contributed by atoms with van der Waals surface area (Å²) in [6, 6.07) is 2.11. The fraction of sp³-hybridized carbons (Fsp3) is 0.417. The van der Waals surface area contributed by atoms with Gasteiger partial charge in [-0.25, -0.2) is 4.79 Å². The van der Waals surface area contributed by atoms with Crippen LogP contribution in [0.3, 0.4) is 0 Å². The lowest BCUT2D eigenvalue weighted by molar-refractivity contribution is -0.384. The van der Waals surface area contributed by atoms with E-state index in [4.69, 9.17) is 21.4 Å². The van der Waals surface area contributed by atoms with Crippen LogP contribution in [0.4, 0.5) is 11.4 Å². The Morgan fingerprint density at radius 3 is 2.75 bits per heavy atom. The number of anilines is 1. The SMILES string of the molecule is COCC(C)CNc1c(Cl)cc([N+](=O)[O-])cc1C(=O)O. The summed E-state index contributed by atoms with van der Waals surface area (Å²) in [4.78, 5) is 21.2. The van der Waals surface area contributed by atoms with Crippen molar-refractivity contribution in [3.63, 3.8) is 0 Å². The first-order valence-corrected chi connectivity index (χ1v) is 6.18. The highest BCUT2D eigenvalue weighted by Gasteiger charge is 2.20. The molecule has 1 aromatic carbocycles. The van der Waals surface area contributed by atoms with Crippen molar-refractivity contribution in [1.29, 1.82) is 0 Å². The average molecular weight is 303 g/mol. The molecule has 0 aliphatic carbocycles. The van der Waals surface area contributed by atoms with Gasteiger partial charge in [-0.15, -0.1) is 0 Å². The largest absolute Gasteiger partial charge is 0.478 e. The zero-order valence-electron chi connectivity index (χ0n) is 11.1. The molecule has 0 saturated heterocycles. The van der Waals surface area contributed by atoms with Crippen molar-refractivity contribution < 1.29 is 19.6 Å². The Hall–Kier alpha value is -1.86. The highest BCUT2D eigenvalue weighted by molar-refractivity contribution is 6.34. The summed E-state index contributed by atoms with van der Waals surface area (Å²) in [7, 11) is 1.57.